The van der Waals surface area contributed by atoms with E-state index in [0.29, 0.717) is 17.6 Å². The predicted octanol–water partition coefficient (Wildman–Crippen LogP) is 4.68. The summed E-state index contributed by atoms with van der Waals surface area (Å²) in [7, 11) is 0. The van der Waals surface area contributed by atoms with Gasteiger partial charge in [0.05, 0.1) is 0 Å². The summed E-state index contributed by atoms with van der Waals surface area (Å²) in [4.78, 5) is 11.8. The van der Waals surface area contributed by atoms with E-state index in [1.807, 2.05) is 6.08 Å². The molecule has 0 aliphatic heterocycles. The second kappa shape index (κ2) is 8.27. The molecule has 0 aromatic heterocycles. The molecule has 0 unspecified atom stereocenters. The number of hydrogen-bond donors (Lipinski definition) is 0. The van der Waals surface area contributed by atoms with Gasteiger partial charge in [-0.15, -0.1) is 0 Å². The monoisotopic (exact) mass is 234 g/mol. The Labute approximate surface area is 106 Å². The Morgan fingerprint density at radius 3 is 2.88 bits per heavy atom. The Hall–Kier alpha value is -0.850. The van der Waals surface area contributed by atoms with E-state index in [9.17, 15) is 4.79 Å². The molecule has 1 heteroatoms. The first-order valence-electron chi connectivity index (χ1n) is 7.09. The summed E-state index contributed by atoms with van der Waals surface area (Å²) >= 11 is 0. The zero-order valence-corrected chi connectivity index (χ0v) is 11.2. The van der Waals surface area contributed by atoms with Gasteiger partial charge in [-0.25, -0.2) is 0 Å². The van der Waals surface area contributed by atoms with Crippen LogP contribution in [-0.4, -0.2) is 5.78 Å². The van der Waals surface area contributed by atoms with Crippen LogP contribution in [0.2, 0.25) is 0 Å². The van der Waals surface area contributed by atoms with Crippen LogP contribution in [0.4, 0.5) is 0 Å². The number of hydrogen-bond acceptors (Lipinski definition) is 1. The first-order chi connectivity index (χ1) is 8.29. The minimum Gasteiger partial charge on any atom is -0.299 e. The van der Waals surface area contributed by atoms with Crippen molar-refractivity contribution in [2.24, 2.45) is 11.8 Å². The highest BCUT2D eigenvalue weighted by Gasteiger charge is 2.32. The van der Waals surface area contributed by atoms with Crippen molar-refractivity contribution in [3.63, 3.8) is 0 Å². The largest absolute Gasteiger partial charge is 0.299 e. The summed E-state index contributed by atoms with van der Waals surface area (Å²) in [6.07, 6.45) is 15.1. The van der Waals surface area contributed by atoms with Crippen LogP contribution in [0.15, 0.2) is 24.8 Å². The minimum atomic E-state index is 0.348. The number of rotatable bonds is 8. The number of carbonyl (C=O) groups excluding carboxylic acids is 1. The van der Waals surface area contributed by atoms with Crippen LogP contribution in [0.25, 0.3) is 0 Å². The summed E-state index contributed by atoms with van der Waals surface area (Å²) < 4.78 is 0. The highest BCUT2D eigenvalue weighted by Crippen LogP contribution is 2.35. The fourth-order valence-corrected chi connectivity index (χ4v) is 2.84. The van der Waals surface area contributed by atoms with Gasteiger partial charge in [0.25, 0.3) is 0 Å². The van der Waals surface area contributed by atoms with E-state index < -0.39 is 0 Å². The molecule has 0 saturated heterocycles. The maximum Gasteiger partial charge on any atom is 0.136 e. The highest BCUT2D eigenvalue weighted by atomic mass is 16.1. The van der Waals surface area contributed by atoms with Crippen molar-refractivity contribution in [1.82, 2.24) is 0 Å². The maximum atomic E-state index is 11.8. The molecule has 0 heterocycles. The van der Waals surface area contributed by atoms with Gasteiger partial charge in [0, 0.05) is 12.3 Å². The number of allylic oxidation sites excluding steroid dienone is 3. The van der Waals surface area contributed by atoms with Crippen LogP contribution in [0.1, 0.15) is 58.3 Å². The molecule has 0 aromatic rings. The highest BCUT2D eigenvalue weighted by molar-refractivity contribution is 5.83. The summed E-state index contributed by atoms with van der Waals surface area (Å²) in [5.74, 6) is 1.53. The van der Waals surface area contributed by atoms with Crippen molar-refractivity contribution in [3.8, 4) is 0 Å². The van der Waals surface area contributed by atoms with Crippen molar-refractivity contribution in [2.45, 2.75) is 58.3 Å². The number of unbranched alkanes of at least 4 members (excludes halogenated alkanes) is 2. The summed E-state index contributed by atoms with van der Waals surface area (Å²) in [5.41, 5.74) is 0. The minimum absolute atomic E-state index is 0.348. The van der Waals surface area contributed by atoms with Crippen molar-refractivity contribution < 1.29 is 4.79 Å². The van der Waals surface area contributed by atoms with Crippen molar-refractivity contribution >= 4 is 5.78 Å². The number of Topliss-reactive ketones (excluding diaryl/α,β-unsaturated/α-hetero) is 1. The quantitative estimate of drug-likeness (QED) is 0.440. The molecule has 1 saturated carbocycles. The van der Waals surface area contributed by atoms with E-state index in [1.54, 1.807) is 6.08 Å². The normalized spacial score (nSPS) is 24.6. The molecule has 2 atom stereocenters. The van der Waals surface area contributed by atoms with Gasteiger partial charge in [-0.05, 0) is 31.6 Å². The lowest BCUT2D eigenvalue weighted by molar-refractivity contribution is -0.121. The Bertz CT molecular complexity index is 265. The molecule has 0 spiro atoms. The van der Waals surface area contributed by atoms with Gasteiger partial charge in [0.15, 0.2) is 0 Å². The predicted molar refractivity (Wildman–Crippen MR) is 73.9 cm³/mol. The standard InChI is InChI=1S/C16H26O/c1-3-5-7-9-11-15-14(10-8-6-4-2)12-13-16(15)17/h3,5,7,14-15H,1,4,6,8-13H2,2H3/t14-,15+/m0/s1. The van der Waals surface area contributed by atoms with Crippen LogP contribution in [0, 0.1) is 11.8 Å². The topological polar surface area (TPSA) is 17.1 Å². The molecule has 0 radical (unpaired) electrons. The van der Waals surface area contributed by atoms with Gasteiger partial charge in [-0.1, -0.05) is 51.0 Å². The van der Waals surface area contributed by atoms with Gasteiger partial charge >= 0.3 is 0 Å². The van der Waals surface area contributed by atoms with E-state index >= 15 is 0 Å². The SMILES string of the molecule is C=CC=CCC[C@H]1C(=O)CC[C@@H]1CCCCC. The molecule has 0 N–H and O–H groups in total. The van der Waals surface area contributed by atoms with Gasteiger partial charge in [-0.3, -0.25) is 4.79 Å². The molecular weight excluding hydrogens is 208 g/mol. The molecular formula is C16H26O. The average molecular weight is 234 g/mol. The molecule has 0 bridgehead atoms. The van der Waals surface area contributed by atoms with Gasteiger partial charge in [0.1, 0.15) is 5.78 Å². The average Bonchev–Trinajstić information content (AvgIpc) is 2.67. The lowest BCUT2D eigenvalue weighted by Gasteiger charge is -2.17. The van der Waals surface area contributed by atoms with E-state index in [4.69, 9.17) is 0 Å². The van der Waals surface area contributed by atoms with Crippen LogP contribution >= 0.6 is 0 Å². The Kier molecular flexibility index (Phi) is 6.91. The summed E-state index contributed by atoms with van der Waals surface area (Å²) in [5, 5.41) is 0. The zero-order chi connectivity index (χ0) is 12.5. The first-order valence-corrected chi connectivity index (χ1v) is 7.09. The van der Waals surface area contributed by atoms with E-state index in [0.717, 1.165) is 25.7 Å². The van der Waals surface area contributed by atoms with E-state index in [1.165, 1.54) is 25.7 Å². The lowest BCUT2D eigenvalue weighted by atomic mass is 9.87. The lowest BCUT2D eigenvalue weighted by Crippen LogP contribution is -2.14. The van der Waals surface area contributed by atoms with Crippen LogP contribution in [-0.2, 0) is 4.79 Å². The van der Waals surface area contributed by atoms with Crippen molar-refractivity contribution in [1.29, 1.82) is 0 Å². The third-order valence-corrected chi connectivity index (χ3v) is 3.84. The molecule has 96 valence electrons. The number of carbonyl (C=O) groups is 1. The van der Waals surface area contributed by atoms with Gasteiger partial charge in [0.2, 0.25) is 0 Å². The molecule has 0 amide bonds. The zero-order valence-electron chi connectivity index (χ0n) is 11.2. The fraction of sp³-hybridized carbons (Fsp3) is 0.688. The Morgan fingerprint density at radius 1 is 1.35 bits per heavy atom. The molecule has 17 heavy (non-hydrogen) atoms. The maximum absolute atomic E-state index is 11.8. The molecule has 1 rings (SSSR count). The van der Waals surface area contributed by atoms with Gasteiger partial charge < -0.3 is 0 Å². The number of ketones is 1. The second-order valence-corrected chi connectivity index (χ2v) is 5.11. The Morgan fingerprint density at radius 2 is 2.18 bits per heavy atom. The Balaban J connectivity index is 2.33. The molecule has 1 nitrogen and oxygen atoms in total. The summed E-state index contributed by atoms with van der Waals surface area (Å²) in [6, 6.07) is 0. The van der Waals surface area contributed by atoms with Crippen molar-refractivity contribution in [3.05, 3.63) is 24.8 Å². The van der Waals surface area contributed by atoms with Crippen LogP contribution < -0.4 is 0 Å². The van der Waals surface area contributed by atoms with Crippen molar-refractivity contribution in [2.75, 3.05) is 0 Å². The fourth-order valence-electron chi connectivity index (χ4n) is 2.84. The third kappa shape index (κ3) is 4.89. The molecule has 1 fully saturated rings. The molecule has 1 aliphatic carbocycles. The molecule has 1 aliphatic rings. The molecule has 0 aromatic carbocycles. The van der Waals surface area contributed by atoms with Gasteiger partial charge in [-0.2, -0.15) is 0 Å². The second-order valence-electron chi connectivity index (χ2n) is 5.11. The van der Waals surface area contributed by atoms with Crippen LogP contribution in [0.3, 0.4) is 0 Å². The van der Waals surface area contributed by atoms with E-state index in [2.05, 4.69) is 19.6 Å². The summed E-state index contributed by atoms with van der Waals surface area (Å²) in [6.45, 7) is 5.89. The van der Waals surface area contributed by atoms with Crippen LogP contribution in [0.5, 0.6) is 0 Å². The first kappa shape index (κ1) is 14.2. The third-order valence-electron chi connectivity index (χ3n) is 3.84. The smallest absolute Gasteiger partial charge is 0.136 e. The van der Waals surface area contributed by atoms with E-state index in [-0.39, 0.29) is 0 Å².